The van der Waals surface area contributed by atoms with E-state index in [9.17, 15) is 0 Å². The monoisotopic (exact) mass is 509 g/mol. The van der Waals surface area contributed by atoms with E-state index in [2.05, 4.69) is 44.8 Å². The second kappa shape index (κ2) is 11.6. The van der Waals surface area contributed by atoms with Crippen molar-refractivity contribution < 1.29 is 14.2 Å². The van der Waals surface area contributed by atoms with E-state index < -0.39 is 8.07 Å². The van der Waals surface area contributed by atoms with Crippen molar-refractivity contribution in [1.29, 1.82) is 0 Å². The van der Waals surface area contributed by atoms with Gasteiger partial charge in [0.2, 0.25) is 11.8 Å². The molecule has 1 atom stereocenters. The molecular formula is C25H35N7O3Si. The number of anilines is 2. The van der Waals surface area contributed by atoms with Gasteiger partial charge in [-0.05, 0) is 25.1 Å². The minimum Gasteiger partial charge on any atom is -0.486 e. The number of rotatable bonds is 7. The van der Waals surface area contributed by atoms with Crippen molar-refractivity contribution in [1.82, 2.24) is 19.9 Å². The number of nitrogens with one attached hydrogen (secondary N) is 1. The molecule has 4 bridgehead atoms. The number of nitrogens with zero attached hydrogens (tertiary/aromatic N) is 6. The summed E-state index contributed by atoms with van der Waals surface area (Å²) in [6.07, 6.45) is 9.58. The van der Waals surface area contributed by atoms with Crippen LogP contribution in [0.4, 0.5) is 11.8 Å². The van der Waals surface area contributed by atoms with Gasteiger partial charge >= 0.3 is 0 Å². The van der Waals surface area contributed by atoms with E-state index in [1.165, 1.54) is 0 Å². The van der Waals surface area contributed by atoms with Crippen LogP contribution in [0, 0.1) is 0 Å². The minimum atomic E-state index is -1.20. The van der Waals surface area contributed by atoms with Crippen molar-refractivity contribution in [3.8, 4) is 5.88 Å². The van der Waals surface area contributed by atoms with Crippen molar-refractivity contribution >= 4 is 26.1 Å². The van der Waals surface area contributed by atoms with Crippen LogP contribution in [-0.4, -0.2) is 60.8 Å². The Morgan fingerprint density at radius 2 is 2.06 bits per heavy atom. The van der Waals surface area contributed by atoms with Gasteiger partial charge in [0.15, 0.2) is 5.82 Å². The van der Waals surface area contributed by atoms with Crippen molar-refractivity contribution in [2.24, 2.45) is 4.99 Å². The summed E-state index contributed by atoms with van der Waals surface area (Å²) in [7, 11) is 0.583. The molecule has 2 aromatic rings. The van der Waals surface area contributed by atoms with E-state index in [1.807, 2.05) is 31.2 Å². The van der Waals surface area contributed by atoms with Crippen molar-refractivity contribution in [3.63, 3.8) is 0 Å². The third-order valence-electron chi connectivity index (χ3n) is 5.73. The van der Waals surface area contributed by atoms with E-state index in [1.54, 1.807) is 19.5 Å². The Kier molecular flexibility index (Phi) is 8.31. The van der Waals surface area contributed by atoms with Gasteiger partial charge in [0.25, 0.3) is 0 Å². The Labute approximate surface area is 213 Å². The third kappa shape index (κ3) is 6.67. The lowest BCUT2D eigenvalue weighted by Gasteiger charge is -2.25. The average Bonchev–Trinajstić information content (AvgIpc) is 3.21. The Morgan fingerprint density at radius 1 is 1.19 bits per heavy atom. The lowest BCUT2D eigenvalue weighted by molar-refractivity contribution is 0.142. The van der Waals surface area contributed by atoms with Crippen molar-refractivity contribution in [2.45, 2.75) is 58.4 Å². The Hall–Kier alpha value is -3.31. The normalized spacial score (nSPS) is 18.8. The Morgan fingerprint density at radius 3 is 2.83 bits per heavy atom. The van der Waals surface area contributed by atoms with E-state index in [-0.39, 0.29) is 12.8 Å². The van der Waals surface area contributed by atoms with Crippen LogP contribution in [0.15, 0.2) is 41.2 Å². The highest BCUT2D eigenvalue weighted by Crippen LogP contribution is 2.37. The molecule has 36 heavy (non-hydrogen) atoms. The highest BCUT2D eigenvalue weighted by molar-refractivity contribution is 6.76. The number of ether oxygens (including phenoxy) is 3. The van der Waals surface area contributed by atoms with Gasteiger partial charge in [-0.3, -0.25) is 4.99 Å². The first-order chi connectivity index (χ1) is 17.4. The maximum atomic E-state index is 6.12. The fourth-order valence-electron chi connectivity index (χ4n) is 3.72. The predicted molar refractivity (Wildman–Crippen MR) is 143 cm³/mol. The van der Waals surface area contributed by atoms with Gasteiger partial charge in [-0.2, -0.15) is 9.97 Å². The number of hydrogen-bond acceptors (Lipinski definition) is 10. The number of fused-ring (bicyclic) bond motifs is 3. The zero-order valence-corrected chi connectivity index (χ0v) is 22.7. The number of hydrogen-bond donors (Lipinski definition) is 1. The number of allylic oxidation sites excluding steroid dienone is 4. The maximum Gasteiger partial charge on any atom is 0.227 e. The second-order valence-electron chi connectivity index (χ2n) is 9.82. The van der Waals surface area contributed by atoms with Crippen molar-refractivity contribution in [2.75, 3.05) is 30.6 Å². The van der Waals surface area contributed by atoms with Gasteiger partial charge in [0.05, 0.1) is 17.5 Å². The lowest BCUT2D eigenvalue weighted by Crippen LogP contribution is -2.34. The summed E-state index contributed by atoms with van der Waals surface area (Å²) in [6.45, 7) is 10.5. The summed E-state index contributed by atoms with van der Waals surface area (Å²) in [5, 5.41) is 3.04. The van der Waals surface area contributed by atoms with Crippen LogP contribution in [-0.2, 0) is 29.1 Å². The van der Waals surface area contributed by atoms with E-state index in [0.717, 1.165) is 23.1 Å². The summed E-state index contributed by atoms with van der Waals surface area (Å²) in [5.74, 6) is 2.92. The fraction of sp³-hybridized carbons (Fsp3) is 0.480. The molecule has 0 saturated carbocycles. The quantitative estimate of drug-likeness (QED) is 0.438. The molecule has 10 nitrogen and oxygen atoms in total. The first-order valence-corrected chi connectivity index (χ1v) is 15.9. The van der Waals surface area contributed by atoms with E-state index >= 15 is 0 Å². The zero-order valence-electron chi connectivity index (χ0n) is 21.7. The lowest BCUT2D eigenvalue weighted by atomic mass is 10.2. The second-order valence-corrected chi connectivity index (χ2v) is 15.4. The minimum absolute atomic E-state index is 0.183. The highest BCUT2D eigenvalue weighted by Gasteiger charge is 2.35. The molecule has 4 heterocycles. The molecule has 0 spiro atoms. The van der Waals surface area contributed by atoms with Gasteiger partial charge in [0, 0.05) is 34.3 Å². The molecule has 0 aromatic carbocycles. The standard InChI is InChI=1S/C25H35N7O3Si/c1-6-7-8-19-14-28-22-13-20-23(32(22)17-33-11-12-36(3,4)5)30-25(26-2)31-24(20)35-16-21-27-10-9-18(29-21)15-34-19/h6-10,14,22H,11-13,15-17H2,1-5H3,(H,26,30,31)/b7-6+,19-8+,28-14?. The summed E-state index contributed by atoms with van der Waals surface area (Å²) >= 11 is 0. The molecule has 0 radical (unpaired) electrons. The molecule has 2 aliphatic heterocycles. The van der Waals surface area contributed by atoms with Crippen LogP contribution < -0.4 is 15.0 Å². The number of aliphatic imine (C=N–C) groups is 1. The van der Waals surface area contributed by atoms with Gasteiger partial charge in [-0.15, -0.1) is 0 Å². The molecule has 0 fully saturated rings. The predicted octanol–water partition coefficient (Wildman–Crippen LogP) is 3.95. The summed E-state index contributed by atoms with van der Waals surface area (Å²) in [4.78, 5) is 25.2. The molecule has 2 aromatic heterocycles. The Bertz CT molecular complexity index is 1150. The van der Waals surface area contributed by atoms with Crippen LogP contribution in [0.3, 0.4) is 0 Å². The molecule has 2 aliphatic rings. The summed E-state index contributed by atoms with van der Waals surface area (Å²) in [6, 6.07) is 2.91. The van der Waals surface area contributed by atoms with Crippen LogP contribution in [0.5, 0.6) is 5.88 Å². The first kappa shape index (κ1) is 25.8. The molecule has 0 aliphatic carbocycles. The van der Waals surface area contributed by atoms with Crippen LogP contribution in [0.1, 0.15) is 24.0 Å². The topological polar surface area (TPSA) is 107 Å². The smallest absolute Gasteiger partial charge is 0.227 e. The summed E-state index contributed by atoms with van der Waals surface area (Å²) < 4.78 is 18.3. The van der Waals surface area contributed by atoms with Gasteiger partial charge < -0.3 is 24.4 Å². The fourth-order valence-corrected chi connectivity index (χ4v) is 4.47. The molecule has 192 valence electrons. The van der Waals surface area contributed by atoms with Crippen molar-refractivity contribution in [3.05, 3.63) is 53.3 Å². The van der Waals surface area contributed by atoms with Gasteiger partial charge in [-0.1, -0.05) is 31.8 Å². The van der Waals surface area contributed by atoms with Gasteiger partial charge in [0.1, 0.15) is 37.7 Å². The molecule has 4 rings (SSSR count). The van der Waals surface area contributed by atoms with Gasteiger partial charge in [-0.25, -0.2) is 9.97 Å². The van der Waals surface area contributed by atoms with Crippen LogP contribution in [0.2, 0.25) is 25.7 Å². The molecule has 1 N–H and O–H groups in total. The molecule has 1 unspecified atom stereocenters. The summed E-state index contributed by atoms with van der Waals surface area (Å²) in [5.41, 5.74) is 1.64. The SMILES string of the molecule is C/C=C/C=C1\C=NC2Cc3c(nc(NC)nc3N2COCC[Si](C)(C)C)OCc2nccc(n2)CO1. The maximum absolute atomic E-state index is 6.12. The molecular weight excluding hydrogens is 474 g/mol. The van der Waals surface area contributed by atoms with Crippen LogP contribution >= 0.6 is 0 Å². The largest absolute Gasteiger partial charge is 0.486 e. The number of aromatic nitrogens is 4. The third-order valence-corrected chi connectivity index (χ3v) is 7.43. The highest BCUT2D eigenvalue weighted by atomic mass is 28.3. The molecule has 0 saturated heterocycles. The van der Waals surface area contributed by atoms with E-state index in [4.69, 9.17) is 24.2 Å². The Balaban J connectivity index is 1.70. The molecule has 0 amide bonds. The van der Waals surface area contributed by atoms with E-state index in [0.29, 0.717) is 49.8 Å². The first-order valence-electron chi connectivity index (χ1n) is 12.2. The van der Waals surface area contributed by atoms with Crippen LogP contribution in [0.25, 0.3) is 0 Å². The zero-order chi connectivity index (χ0) is 25.5. The average molecular weight is 510 g/mol. The molecule has 11 heteroatoms.